The smallest absolute Gasteiger partial charge is 0.252 e. The zero-order chi connectivity index (χ0) is 29.5. The van der Waals surface area contributed by atoms with Crippen molar-refractivity contribution < 1.29 is 19.8 Å². The topological polar surface area (TPSA) is 136 Å². The molecule has 218 valence electrons. The molecule has 0 saturated carbocycles. The summed E-state index contributed by atoms with van der Waals surface area (Å²) in [7, 11) is 0. The van der Waals surface area contributed by atoms with Gasteiger partial charge in [-0.1, -0.05) is 42.5 Å². The fraction of sp³-hybridized carbons (Fsp3) is 0.375. The minimum Gasteiger partial charge on any atom is -0.507 e. The highest BCUT2D eigenvalue weighted by atomic mass is 16.3. The molecule has 9 heteroatoms. The SMILES string of the molecule is Cc1cc(CN2CCCN(Cc3cc(C)cc(C(N)=O)c3O)CCN(Cc3ccccc3)CC2)c(O)c(C(N)=O)c1. The van der Waals surface area contributed by atoms with Crippen molar-refractivity contribution in [2.24, 2.45) is 11.5 Å². The number of benzene rings is 3. The zero-order valence-electron chi connectivity index (χ0n) is 24.0. The lowest BCUT2D eigenvalue weighted by atomic mass is 10.0. The molecule has 4 rings (SSSR count). The molecule has 6 N–H and O–H groups in total. The standard InChI is InChI=1S/C32H41N5O4/c1-22-15-25(29(38)27(17-22)31(33)40)20-35-9-6-10-36(21-26-16-23(2)18-28(30(26)39)32(34)41)12-14-37(13-11-35)19-24-7-4-3-5-8-24/h3-5,7-8,15-18,38-39H,6,9-14,19-21H2,1-2H3,(H2,33,40)(H2,34,41). The molecule has 3 aromatic rings. The molecule has 1 saturated heterocycles. The second-order valence-corrected chi connectivity index (χ2v) is 11.0. The first-order valence-electron chi connectivity index (χ1n) is 14.1. The maximum Gasteiger partial charge on any atom is 0.252 e. The summed E-state index contributed by atoms with van der Waals surface area (Å²) in [6.07, 6.45) is 0.864. The maximum absolute atomic E-state index is 11.9. The Morgan fingerprint density at radius 3 is 1.49 bits per heavy atom. The van der Waals surface area contributed by atoms with E-state index in [0.717, 1.165) is 63.4 Å². The van der Waals surface area contributed by atoms with E-state index in [-0.39, 0.29) is 22.6 Å². The van der Waals surface area contributed by atoms with Gasteiger partial charge >= 0.3 is 0 Å². The number of aromatic hydroxyl groups is 2. The molecule has 0 aliphatic carbocycles. The van der Waals surface area contributed by atoms with E-state index in [9.17, 15) is 19.8 Å². The number of hydrogen-bond acceptors (Lipinski definition) is 7. The molecule has 2 amide bonds. The Hall–Kier alpha value is -3.92. The van der Waals surface area contributed by atoms with E-state index in [1.165, 1.54) is 5.56 Å². The van der Waals surface area contributed by atoms with Gasteiger partial charge in [-0.3, -0.25) is 24.3 Å². The number of hydrogen-bond donors (Lipinski definition) is 4. The van der Waals surface area contributed by atoms with E-state index in [1.54, 1.807) is 12.1 Å². The molecule has 1 aliphatic rings. The van der Waals surface area contributed by atoms with Crippen LogP contribution in [0.2, 0.25) is 0 Å². The Morgan fingerprint density at radius 2 is 1.07 bits per heavy atom. The van der Waals surface area contributed by atoms with Crippen LogP contribution in [0.5, 0.6) is 11.5 Å². The highest BCUT2D eigenvalue weighted by molar-refractivity contribution is 5.96. The van der Waals surface area contributed by atoms with Gasteiger partial charge in [0.15, 0.2) is 0 Å². The number of phenols is 2. The van der Waals surface area contributed by atoms with Gasteiger partial charge in [-0.25, -0.2) is 0 Å². The second-order valence-electron chi connectivity index (χ2n) is 11.0. The quantitative estimate of drug-likeness (QED) is 0.333. The van der Waals surface area contributed by atoms with Crippen LogP contribution in [-0.4, -0.2) is 76.0 Å². The molecule has 0 unspecified atom stereocenters. The summed E-state index contributed by atoms with van der Waals surface area (Å²) in [4.78, 5) is 30.8. The first-order valence-corrected chi connectivity index (χ1v) is 14.1. The summed E-state index contributed by atoms with van der Waals surface area (Å²) >= 11 is 0. The Balaban J connectivity index is 1.56. The lowest BCUT2D eigenvalue weighted by Crippen LogP contribution is -2.42. The van der Waals surface area contributed by atoms with E-state index in [1.807, 2.05) is 44.2 Å². The Kier molecular flexibility index (Phi) is 9.99. The highest BCUT2D eigenvalue weighted by Crippen LogP contribution is 2.27. The molecule has 1 heterocycles. The van der Waals surface area contributed by atoms with Gasteiger partial charge in [-0.2, -0.15) is 0 Å². The number of nitrogens with zero attached hydrogens (tertiary/aromatic N) is 3. The average molecular weight is 560 g/mol. The first-order chi connectivity index (χ1) is 19.6. The number of carbonyl (C=O) groups is 2. The lowest BCUT2D eigenvalue weighted by molar-refractivity contribution is 0.0988. The number of rotatable bonds is 8. The highest BCUT2D eigenvalue weighted by Gasteiger charge is 2.21. The molecule has 1 aliphatic heterocycles. The largest absolute Gasteiger partial charge is 0.507 e. The van der Waals surface area contributed by atoms with E-state index in [4.69, 9.17) is 11.5 Å². The second kappa shape index (κ2) is 13.6. The van der Waals surface area contributed by atoms with Crippen LogP contribution in [0.1, 0.15) is 55.0 Å². The molecule has 0 aromatic heterocycles. The number of primary amides is 2. The molecule has 0 spiro atoms. The normalized spacial score (nSPS) is 16.0. The predicted octanol–water partition coefficient (Wildman–Crippen LogP) is 3.12. The van der Waals surface area contributed by atoms with Crippen LogP contribution >= 0.6 is 0 Å². The summed E-state index contributed by atoms with van der Waals surface area (Å²) < 4.78 is 0. The molecule has 9 nitrogen and oxygen atoms in total. The van der Waals surface area contributed by atoms with Crippen LogP contribution in [0.15, 0.2) is 54.6 Å². The third-order valence-corrected chi connectivity index (χ3v) is 7.65. The van der Waals surface area contributed by atoms with Gasteiger partial charge in [0, 0.05) is 56.9 Å². The van der Waals surface area contributed by atoms with E-state index < -0.39 is 11.8 Å². The fourth-order valence-electron chi connectivity index (χ4n) is 5.54. The van der Waals surface area contributed by atoms with Gasteiger partial charge in [0.1, 0.15) is 11.5 Å². The molecular weight excluding hydrogens is 518 g/mol. The number of aryl methyl sites for hydroxylation is 2. The Morgan fingerprint density at radius 1 is 0.659 bits per heavy atom. The van der Waals surface area contributed by atoms with Gasteiger partial charge in [0.25, 0.3) is 11.8 Å². The number of amides is 2. The van der Waals surface area contributed by atoms with Crippen LogP contribution in [0, 0.1) is 13.8 Å². The van der Waals surface area contributed by atoms with Crippen LogP contribution in [0.25, 0.3) is 0 Å². The van der Waals surface area contributed by atoms with Crippen molar-refractivity contribution in [2.75, 3.05) is 39.3 Å². The lowest BCUT2D eigenvalue weighted by Gasteiger charge is -2.33. The van der Waals surface area contributed by atoms with Gasteiger partial charge in [0.2, 0.25) is 0 Å². The molecule has 0 bridgehead atoms. The first kappa shape index (κ1) is 30.0. The van der Waals surface area contributed by atoms with Crippen molar-refractivity contribution in [3.63, 3.8) is 0 Å². The summed E-state index contributed by atoms with van der Waals surface area (Å²) in [5.41, 5.74) is 15.7. The predicted molar refractivity (Wildman–Crippen MR) is 160 cm³/mol. The van der Waals surface area contributed by atoms with Crippen molar-refractivity contribution in [1.29, 1.82) is 0 Å². The minimum absolute atomic E-state index is 0.0526. The van der Waals surface area contributed by atoms with E-state index in [2.05, 4.69) is 26.8 Å². The zero-order valence-corrected chi connectivity index (χ0v) is 24.0. The fourth-order valence-corrected chi connectivity index (χ4v) is 5.54. The van der Waals surface area contributed by atoms with Crippen molar-refractivity contribution in [1.82, 2.24) is 14.7 Å². The Bertz CT molecular complexity index is 1290. The molecule has 41 heavy (non-hydrogen) atoms. The summed E-state index contributed by atoms with van der Waals surface area (Å²) in [5.74, 6) is -1.39. The summed E-state index contributed by atoms with van der Waals surface area (Å²) in [6.45, 7) is 10.4. The monoisotopic (exact) mass is 559 g/mol. The van der Waals surface area contributed by atoms with Crippen LogP contribution < -0.4 is 11.5 Å². The van der Waals surface area contributed by atoms with Crippen LogP contribution in [0.3, 0.4) is 0 Å². The van der Waals surface area contributed by atoms with Crippen molar-refractivity contribution >= 4 is 11.8 Å². The van der Waals surface area contributed by atoms with Crippen molar-refractivity contribution in [3.8, 4) is 11.5 Å². The summed E-state index contributed by atoms with van der Waals surface area (Å²) in [6, 6.07) is 17.4. The third kappa shape index (κ3) is 8.07. The minimum atomic E-state index is -0.642. The maximum atomic E-state index is 11.9. The van der Waals surface area contributed by atoms with Crippen molar-refractivity contribution in [2.45, 2.75) is 39.9 Å². The van der Waals surface area contributed by atoms with Crippen molar-refractivity contribution in [3.05, 3.63) is 93.5 Å². The van der Waals surface area contributed by atoms with Gasteiger partial charge in [-0.15, -0.1) is 0 Å². The molecule has 0 atom stereocenters. The molecule has 1 fully saturated rings. The van der Waals surface area contributed by atoms with Crippen LogP contribution in [0.4, 0.5) is 0 Å². The average Bonchev–Trinajstić information content (AvgIpc) is 2.93. The van der Waals surface area contributed by atoms with E-state index in [0.29, 0.717) is 24.2 Å². The summed E-state index contributed by atoms with van der Waals surface area (Å²) in [5, 5.41) is 21.6. The van der Waals surface area contributed by atoms with Gasteiger partial charge in [-0.05, 0) is 62.2 Å². The Labute approximate surface area is 242 Å². The molecule has 0 radical (unpaired) electrons. The molecule has 3 aromatic carbocycles. The number of carbonyl (C=O) groups excluding carboxylic acids is 2. The molecular formula is C32H41N5O4. The van der Waals surface area contributed by atoms with Gasteiger partial charge in [0.05, 0.1) is 11.1 Å². The number of nitrogens with two attached hydrogens (primary N) is 2. The van der Waals surface area contributed by atoms with Gasteiger partial charge < -0.3 is 21.7 Å². The van der Waals surface area contributed by atoms with E-state index >= 15 is 0 Å². The van der Waals surface area contributed by atoms with Crippen LogP contribution in [-0.2, 0) is 19.6 Å². The third-order valence-electron chi connectivity index (χ3n) is 7.65.